The van der Waals surface area contributed by atoms with Crippen molar-refractivity contribution in [2.75, 3.05) is 122 Å². The highest BCUT2D eigenvalue weighted by Gasteiger charge is 2.55. The maximum absolute atomic E-state index is 10.7. The van der Waals surface area contributed by atoms with Crippen LogP contribution in [0.3, 0.4) is 0 Å². The Kier molecular flexibility index (Phi) is 33.6. The summed E-state index contributed by atoms with van der Waals surface area (Å²) in [5, 5.41) is 151. The van der Waals surface area contributed by atoms with Gasteiger partial charge >= 0.3 is 0 Å². The Morgan fingerprint density at radius 2 is 0.583 bits per heavy atom. The van der Waals surface area contributed by atoms with Gasteiger partial charge in [-0.05, 0) is 0 Å². The molecule has 0 bridgehead atoms. The Balaban J connectivity index is 0.000000270. The van der Waals surface area contributed by atoms with Crippen LogP contribution in [0.15, 0.2) is 0 Å². The molecular formula is C48H93N3O33. The monoisotopic (exact) mass is 1240 g/mol. The van der Waals surface area contributed by atoms with E-state index in [-0.39, 0.29) is 46.1 Å². The van der Waals surface area contributed by atoms with Crippen LogP contribution in [-0.2, 0) is 85.3 Å². The lowest BCUT2D eigenvalue weighted by Crippen LogP contribution is -2.65. The molecule has 0 amide bonds. The standard InChI is InChI=1S/3C16H31NO11/c1-23-13-8(6-25-4-3-17)27-16(12(22)9(13)19)28-14-7(5-18)26-15(24-2)11(21)10(14)20;1-23-13-8(6-19)27-16(11(22)14(13)25-4-3-17)28-12-7(5-18)26-15(24-2)10(21)9(12)20;1-23-12-7(5-18)26-15(10(21)9(12)20)28-13-8(6-19)27-16(24-2)14(11(13)22)25-4-3-17/h3*7-16,18-22H,3-6,17H2,1-2H3. The van der Waals surface area contributed by atoms with E-state index in [1.807, 2.05) is 0 Å². The van der Waals surface area contributed by atoms with Crippen LogP contribution >= 0.6 is 0 Å². The van der Waals surface area contributed by atoms with Gasteiger partial charge in [0.2, 0.25) is 0 Å². The molecule has 0 radical (unpaired) electrons. The van der Waals surface area contributed by atoms with Crippen molar-refractivity contribution in [3.05, 3.63) is 0 Å². The highest BCUT2D eigenvalue weighted by molar-refractivity contribution is 4.98. The van der Waals surface area contributed by atoms with Crippen molar-refractivity contribution in [1.29, 1.82) is 0 Å². The molecule has 30 atom stereocenters. The van der Waals surface area contributed by atoms with Gasteiger partial charge in [0, 0.05) is 62.3 Å². The van der Waals surface area contributed by atoms with E-state index in [4.69, 9.17) is 102 Å². The van der Waals surface area contributed by atoms with Gasteiger partial charge in [0.1, 0.15) is 146 Å². The van der Waals surface area contributed by atoms with Crippen molar-refractivity contribution >= 4 is 0 Å². The molecule has 0 aromatic heterocycles. The average Bonchev–Trinajstić information content (AvgIpc) is 3.49. The van der Waals surface area contributed by atoms with Gasteiger partial charge < -0.3 is 179 Å². The summed E-state index contributed by atoms with van der Waals surface area (Å²) in [6.07, 6.45) is -36.1. The van der Waals surface area contributed by atoms with Gasteiger partial charge in [-0.3, -0.25) is 0 Å². The Labute approximate surface area is 484 Å². The summed E-state index contributed by atoms with van der Waals surface area (Å²) in [5.41, 5.74) is 16.3. The first-order valence-corrected chi connectivity index (χ1v) is 27.1. The van der Waals surface area contributed by atoms with Crippen LogP contribution < -0.4 is 17.2 Å². The van der Waals surface area contributed by atoms with Gasteiger partial charge in [0.15, 0.2) is 37.7 Å². The largest absolute Gasteiger partial charge is 0.394 e. The van der Waals surface area contributed by atoms with E-state index >= 15 is 0 Å². The first kappa shape index (κ1) is 75.0. The lowest BCUT2D eigenvalue weighted by Gasteiger charge is -2.47. The zero-order chi connectivity index (χ0) is 62.5. The molecule has 0 aliphatic carbocycles. The molecular weight excluding hydrogens is 1150 g/mol. The SMILES string of the molecule is COC1OC(CO)C(OC2OC(CO)C(OC)C(O)C2O)C(O)C1OCCN.COC1OC(CO)C(OC2OC(CO)C(OC)C(OCCN)C2O)C(O)C1O.COC1OC(CO)C(OC2OC(COCCN)C(OC)C(O)C2O)C(O)C1O. The van der Waals surface area contributed by atoms with E-state index < -0.39 is 217 Å². The van der Waals surface area contributed by atoms with Crippen molar-refractivity contribution in [3.63, 3.8) is 0 Å². The molecule has 36 heteroatoms. The lowest BCUT2D eigenvalue weighted by molar-refractivity contribution is -0.361. The predicted molar refractivity (Wildman–Crippen MR) is 273 cm³/mol. The normalized spacial score (nSPS) is 44.6. The summed E-state index contributed by atoms with van der Waals surface area (Å²) in [6.45, 7) is -1.38. The highest BCUT2D eigenvalue weighted by Crippen LogP contribution is 2.35. The highest BCUT2D eigenvalue weighted by atomic mass is 16.8. The van der Waals surface area contributed by atoms with Crippen LogP contribution in [0.2, 0.25) is 0 Å². The van der Waals surface area contributed by atoms with E-state index in [0.717, 1.165) is 0 Å². The maximum atomic E-state index is 10.7. The lowest BCUT2D eigenvalue weighted by atomic mass is 9.96. The Bertz CT molecular complexity index is 1750. The molecule has 6 rings (SSSR count). The Hall–Kier alpha value is -1.44. The molecule has 6 heterocycles. The molecule has 30 unspecified atom stereocenters. The third-order valence-corrected chi connectivity index (χ3v) is 14.5. The van der Waals surface area contributed by atoms with Gasteiger partial charge in [0.05, 0.1) is 59.5 Å². The third kappa shape index (κ3) is 18.6. The van der Waals surface area contributed by atoms with E-state index in [9.17, 15) is 76.6 Å². The first-order chi connectivity index (χ1) is 40.2. The minimum Gasteiger partial charge on any atom is -0.394 e. The minimum atomic E-state index is -1.54. The van der Waals surface area contributed by atoms with E-state index in [2.05, 4.69) is 0 Å². The van der Waals surface area contributed by atoms with Crippen molar-refractivity contribution in [2.45, 2.75) is 184 Å². The van der Waals surface area contributed by atoms with E-state index in [0.29, 0.717) is 0 Å². The van der Waals surface area contributed by atoms with Crippen LogP contribution in [0.5, 0.6) is 0 Å². The maximum Gasteiger partial charge on any atom is 0.187 e. The van der Waals surface area contributed by atoms with Crippen molar-refractivity contribution in [3.8, 4) is 0 Å². The molecule has 6 fully saturated rings. The number of methoxy groups -OCH3 is 6. The summed E-state index contributed by atoms with van der Waals surface area (Å²) in [5.74, 6) is 0. The number of ether oxygens (including phenoxy) is 18. The molecule has 6 aliphatic rings. The molecule has 0 spiro atoms. The quantitative estimate of drug-likeness (QED) is 0.0340. The second kappa shape index (κ2) is 37.7. The second-order valence-corrected chi connectivity index (χ2v) is 19.8. The molecule has 6 aliphatic heterocycles. The van der Waals surface area contributed by atoms with Crippen molar-refractivity contribution in [1.82, 2.24) is 0 Å². The van der Waals surface area contributed by atoms with Crippen molar-refractivity contribution in [2.24, 2.45) is 17.2 Å². The zero-order valence-electron chi connectivity index (χ0n) is 47.6. The number of rotatable bonds is 27. The van der Waals surface area contributed by atoms with E-state index in [1.165, 1.54) is 42.7 Å². The molecule has 0 saturated carbocycles. The fraction of sp³-hybridized carbons (Fsp3) is 1.00. The van der Waals surface area contributed by atoms with E-state index in [1.54, 1.807) is 0 Å². The number of aliphatic hydroxyl groups excluding tert-OH is 15. The number of hydrogen-bond acceptors (Lipinski definition) is 36. The summed E-state index contributed by atoms with van der Waals surface area (Å²) in [6, 6.07) is 0. The number of nitrogens with two attached hydrogens (primary N) is 3. The molecule has 36 nitrogen and oxygen atoms in total. The number of aliphatic hydroxyl groups is 15. The van der Waals surface area contributed by atoms with Gasteiger partial charge in [-0.25, -0.2) is 0 Å². The molecule has 84 heavy (non-hydrogen) atoms. The summed E-state index contributed by atoms with van der Waals surface area (Å²) < 4.78 is 96.9. The van der Waals surface area contributed by atoms with Gasteiger partial charge in [-0.1, -0.05) is 0 Å². The Morgan fingerprint density at radius 3 is 0.964 bits per heavy atom. The molecule has 498 valence electrons. The van der Waals surface area contributed by atoms with Crippen LogP contribution in [0.25, 0.3) is 0 Å². The zero-order valence-corrected chi connectivity index (χ0v) is 47.6. The second-order valence-electron chi connectivity index (χ2n) is 19.8. The number of hydrogen-bond donors (Lipinski definition) is 18. The summed E-state index contributed by atoms with van der Waals surface area (Å²) in [7, 11) is 7.94. The molecule has 6 saturated heterocycles. The van der Waals surface area contributed by atoms with Crippen LogP contribution in [0.4, 0.5) is 0 Å². The van der Waals surface area contributed by atoms with Gasteiger partial charge in [0.25, 0.3) is 0 Å². The summed E-state index contributed by atoms with van der Waals surface area (Å²) in [4.78, 5) is 0. The average molecular weight is 1240 g/mol. The molecule has 21 N–H and O–H groups in total. The van der Waals surface area contributed by atoms with Crippen LogP contribution in [0, 0.1) is 0 Å². The van der Waals surface area contributed by atoms with Gasteiger partial charge in [-0.2, -0.15) is 0 Å². The van der Waals surface area contributed by atoms with Crippen molar-refractivity contribution < 1.29 is 162 Å². The Morgan fingerprint density at radius 1 is 0.286 bits per heavy atom. The predicted octanol–water partition coefficient (Wildman–Crippen LogP) is -12.3. The molecule has 0 aromatic carbocycles. The van der Waals surface area contributed by atoms with Crippen LogP contribution in [-0.4, -0.2) is 383 Å². The minimum absolute atomic E-state index is 0.0148. The molecule has 0 aromatic rings. The third-order valence-electron chi connectivity index (χ3n) is 14.5. The first-order valence-electron chi connectivity index (χ1n) is 27.1. The smallest absolute Gasteiger partial charge is 0.187 e. The van der Waals surface area contributed by atoms with Gasteiger partial charge in [-0.15, -0.1) is 0 Å². The fourth-order valence-corrected chi connectivity index (χ4v) is 10.1. The van der Waals surface area contributed by atoms with Crippen LogP contribution in [0.1, 0.15) is 0 Å². The fourth-order valence-electron chi connectivity index (χ4n) is 10.1. The topological polar surface area (TPSA) is 548 Å². The summed E-state index contributed by atoms with van der Waals surface area (Å²) >= 11 is 0.